The molecule has 0 bridgehead atoms. The van der Waals surface area contributed by atoms with E-state index < -0.39 is 17.4 Å². The maximum Gasteiger partial charge on any atom is 0.310 e. The number of rotatable bonds is 8. The van der Waals surface area contributed by atoms with Crippen LogP contribution in [-0.2, 0) is 4.79 Å². The SMILES string of the molecule is Cc1ccc(N=Nc2ccc(O)c(/C=N\NC(=O)COc3ccccc3[N+](=O)[O-])c2)cc1C. The maximum absolute atomic E-state index is 11.9. The van der Waals surface area contributed by atoms with Crippen molar-refractivity contribution in [1.82, 2.24) is 5.43 Å². The number of nitro groups is 1. The molecule has 168 valence electrons. The van der Waals surface area contributed by atoms with Crippen LogP contribution in [-0.4, -0.2) is 28.8 Å². The molecule has 0 aliphatic rings. The molecule has 0 saturated carbocycles. The summed E-state index contributed by atoms with van der Waals surface area (Å²) in [5.41, 5.74) is 5.75. The molecule has 10 nitrogen and oxygen atoms in total. The number of nitrogens with one attached hydrogen (secondary N) is 1. The van der Waals surface area contributed by atoms with E-state index >= 15 is 0 Å². The van der Waals surface area contributed by atoms with Crippen molar-refractivity contribution < 1.29 is 19.6 Å². The van der Waals surface area contributed by atoms with Crippen LogP contribution in [0.1, 0.15) is 16.7 Å². The first-order valence-corrected chi connectivity index (χ1v) is 9.83. The van der Waals surface area contributed by atoms with Crippen molar-refractivity contribution in [3.05, 3.63) is 87.5 Å². The second kappa shape index (κ2) is 10.6. The highest BCUT2D eigenvalue weighted by Crippen LogP contribution is 2.26. The largest absolute Gasteiger partial charge is 0.507 e. The maximum atomic E-state index is 11.9. The van der Waals surface area contributed by atoms with Crippen LogP contribution in [0.3, 0.4) is 0 Å². The van der Waals surface area contributed by atoms with Gasteiger partial charge in [0.05, 0.1) is 22.5 Å². The predicted octanol–water partition coefficient (Wildman–Crippen LogP) is 4.86. The lowest BCUT2D eigenvalue weighted by molar-refractivity contribution is -0.385. The quantitative estimate of drug-likeness (QED) is 0.220. The number of carbonyl (C=O) groups is 1. The normalized spacial score (nSPS) is 11.1. The summed E-state index contributed by atoms with van der Waals surface area (Å²) in [5, 5.41) is 33.1. The zero-order chi connectivity index (χ0) is 23.8. The minimum absolute atomic E-state index is 0.0268. The topological polar surface area (TPSA) is 139 Å². The third-order valence-electron chi connectivity index (χ3n) is 4.60. The molecular formula is C23H21N5O5. The lowest BCUT2D eigenvalue weighted by Crippen LogP contribution is -2.24. The standard InChI is InChI=1S/C23H21N5O5/c1-15-7-8-18(11-16(15)2)25-26-19-9-10-21(29)17(12-19)13-24-27-23(30)14-33-22-6-4-3-5-20(22)28(31)32/h3-13,29H,14H2,1-2H3,(H,27,30)/b24-13-,26-25?. The van der Waals surface area contributed by atoms with Crippen molar-refractivity contribution in [1.29, 1.82) is 0 Å². The molecule has 0 heterocycles. The average molecular weight is 447 g/mol. The highest BCUT2D eigenvalue weighted by atomic mass is 16.6. The van der Waals surface area contributed by atoms with Crippen LogP contribution in [0.5, 0.6) is 11.5 Å². The number of hydrogen-bond acceptors (Lipinski definition) is 8. The Morgan fingerprint density at radius 2 is 1.76 bits per heavy atom. The average Bonchev–Trinajstić information content (AvgIpc) is 2.80. The Bertz CT molecular complexity index is 1240. The van der Waals surface area contributed by atoms with Crippen LogP contribution in [0.2, 0.25) is 0 Å². The number of azo groups is 1. The molecule has 0 saturated heterocycles. The van der Waals surface area contributed by atoms with E-state index in [0.717, 1.165) is 11.1 Å². The molecule has 0 atom stereocenters. The molecule has 33 heavy (non-hydrogen) atoms. The second-order valence-corrected chi connectivity index (χ2v) is 7.02. The number of phenolic OH excluding ortho intramolecular Hbond substituents is 1. The Kier molecular flexibility index (Phi) is 7.43. The van der Waals surface area contributed by atoms with Crippen LogP contribution in [0.25, 0.3) is 0 Å². The number of benzene rings is 3. The Morgan fingerprint density at radius 3 is 2.48 bits per heavy atom. The predicted molar refractivity (Wildman–Crippen MR) is 123 cm³/mol. The Balaban J connectivity index is 1.60. The fourth-order valence-corrected chi connectivity index (χ4v) is 2.69. The van der Waals surface area contributed by atoms with Gasteiger partial charge in [-0.1, -0.05) is 18.2 Å². The molecule has 0 fully saturated rings. The van der Waals surface area contributed by atoms with Crippen LogP contribution in [0.15, 0.2) is 76.0 Å². The number of para-hydroxylation sites is 2. The number of amides is 1. The van der Waals surface area contributed by atoms with Crippen molar-refractivity contribution in [2.75, 3.05) is 6.61 Å². The number of aromatic hydroxyl groups is 1. The molecule has 10 heteroatoms. The number of nitro benzene ring substituents is 1. The van der Waals surface area contributed by atoms with E-state index in [1.54, 1.807) is 18.2 Å². The zero-order valence-electron chi connectivity index (χ0n) is 17.9. The fraction of sp³-hybridized carbons (Fsp3) is 0.130. The van der Waals surface area contributed by atoms with Gasteiger partial charge in [-0.05, 0) is 61.4 Å². The lowest BCUT2D eigenvalue weighted by atomic mass is 10.1. The number of aryl methyl sites for hydroxylation is 2. The van der Waals surface area contributed by atoms with Crippen LogP contribution in [0.4, 0.5) is 17.1 Å². The van der Waals surface area contributed by atoms with Gasteiger partial charge in [-0.25, -0.2) is 5.43 Å². The van der Waals surface area contributed by atoms with E-state index in [2.05, 4.69) is 20.8 Å². The smallest absolute Gasteiger partial charge is 0.310 e. The third kappa shape index (κ3) is 6.44. The van der Waals surface area contributed by atoms with Gasteiger partial charge in [0.2, 0.25) is 0 Å². The Hall–Kier alpha value is -4.60. The zero-order valence-corrected chi connectivity index (χ0v) is 17.9. The van der Waals surface area contributed by atoms with Gasteiger partial charge in [0.15, 0.2) is 12.4 Å². The molecule has 0 spiro atoms. The summed E-state index contributed by atoms with van der Waals surface area (Å²) < 4.78 is 5.19. The Labute approximate surface area is 189 Å². The van der Waals surface area contributed by atoms with E-state index in [9.17, 15) is 20.0 Å². The van der Waals surface area contributed by atoms with Crippen molar-refractivity contribution in [2.45, 2.75) is 13.8 Å². The van der Waals surface area contributed by atoms with Gasteiger partial charge in [-0.2, -0.15) is 15.3 Å². The molecule has 0 unspecified atom stereocenters. The van der Waals surface area contributed by atoms with Crippen molar-refractivity contribution in [3.8, 4) is 11.5 Å². The molecular weight excluding hydrogens is 426 g/mol. The first-order chi connectivity index (χ1) is 15.8. The summed E-state index contributed by atoms with van der Waals surface area (Å²) in [6, 6.07) is 16.1. The van der Waals surface area contributed by atoms with Gasteiger partial charge in [-0.15, -0.1) is 0 Å². The molecule has 1 amide bonds. The number of hydrazone groups is 1. The Morgan fingerprint density at radius 1 is 1.06 bits per heavy atom. The first-order valence-electron chi connectivity index (χ1n) is 9.83. The second-order valence-electron chi connectivity index (χ2n) is 7.02. The molecule has 0 aliphatic heterocycles. The molecule has 0 aromatic heterocycles. The van der Waals surface area contributed by atoms with Gasteiger partial charge in [0, 0.05) is 11.6 Å². The van der Waals surface area contributed by atoms with Gasteiger partial charge in [0.1, 0.15) is 5.75 Å². The van der Waals surface area contributed by atoms with E-state index in [4.69, 9.17) is 4.74 Å². The summed E-state index contributed by atoms with van der Waals surface area (Å²) in [6.45, 7) is 3.53. The van der Waals surface area contributed by atoms with E-state index in [1.807, 2.05) is 32.0 Å². The van der Waals surface area contributed by atoms with E-state index in [0.29, 0.717) is 16.9 Å². The van der Waals surface area contributed by atoms with E-state index in [-0.39, 0.29) is 17.2 Å². The number of phenols is 1. The third-order valence-corrected chi connectivity index (χ3v) is 4.60. The van der Waals surface area contributed by atoms with Crippen molar-refractivity contribution >= 4 is 29.2 Å². The van der Waals surface area contributed by atoms with Crippen LogP contribution in [0, 0.1) is 24.0 Å². The minimum atomic E-state index is -0.630. The van der Waals surface area contributed by atoms with Gasteiger partial charge in [-0.3, -0.25) is 14.9 Å². The summed E-state index contributed by atoms with van der Waals surface area (Å²) in [7, 11) is 0. The van der Waals surface area contributed by atoms with E-state index in [1.165, 1.54) is 30.5 Å². The lowest BCUT2D eigenvalue weighted by Gasteiger charge is -2.05. The summed E-state index contributed by atoms with van der Waals surface area (Å²) in [6.07, 6.45) is 1.24. The molecule has 2 N–H and O–H groups in total. The molecule has 3 aromatic rings. The molecule has 0 aliphatic carbocycles. The van der Waals surface area contributed by atoms with Crippen LogP contribution < -0.4 is 10.2 Å². The van der Waals surface area contributed by atoms with Gasteiger partial charge in [0.25, 0.3) is 5.91 Å². The first kappa shape index (κ1) is 23.1. The monoisotopic (exact) mass is 447 g/mol. The highest BCUT2D eigenvalue weighted by molar-refractivity contribution is 5.86. The summed E-state index contributed by atoms with van der Waals surface area (Å²) >= 11 is 0. The molecule has 3 rings (SSSR count). The number of hydrogen-bond donors (Lipinski definition) is 2. The number of ether oxygens (including phenoxy) is 1. The van der Waals surface area contributed by atoms with Gasteiger partial charge < -0.3 is 9.84 Å². The number of carbonyl (C=O) groups excluding carboxylic acids is 1. The fourth-order valence-electron chi connectivity index (χ4n) is 2.69. The minimum Gasteiger partial charge on any atom is -0.507 e. The molecule has 3 aromatic carbocycles. The van der Waals surface area contributed by atoms with Gasteiger partial charge >= 0.3 is 5.69 Å². The van der Waals surface area contributed by atoms with Crippen molar-refractivity contribution in [3.63, 3.8) is 0 Å². The summed E-state index contributed by atoms with van der Waals surface area (Å²) in [5.74, 6) is -0.718. The number of nitrogens with zero attached hydrogens (tertiary/aromatic N) is 4. The molecule has 0 radical (unpaired) electrons. The summed E-state index contributed by atoms with van der Waals surface area (Å²) in [4.78, 5) is 22.3. The van der Waals surface area contributed by atoms with Crippen LogP contribution >= 0.6 is 0 Å². The van der Waals surface area contributed by atoms with Crippen molar-refractivity contribution in [2.24, 2.45) is 15.3 Å². The highest BCUT2D eigenvalue weighted by Gasteiger charge is 2.14.